The average Bonchev–Trinajstić information content (AvgIpc) is 2.52. The van der Waals surface area contributed by atoms with E-state index in [0.29, 0.717) is 17.8 Å². The highest BCUT2D eigenvalue weighted by Gasteiger charge is 2.14. The molecule has 7 heteroatoms. The first-order valence-corrected chi connectivity index (χ1v) is 7.52. The second-order valence-electron chi connectivity index (χ2n) is 5.28. The number of esters is 1. The van der Waals surface area contributed by atoms with Crippen molar-refractivity contribution in [1.29, 1.82) is 0 Å². The Morgan fingerprint density at radius 1 is 1.09 bits per heavy atom. The van der Waals surface area contributed by atoms with Crippen LogP contribution in [0.5, 0.6) is 0 Å². The fraction of sp³-hybridized carbons (Fsp3) is 0.438. The first kappa shape index (κ1) is 18.6. The summed E-state index contributed by atoms with van der Waals surface area (Å²) in [6, 6.07) is 6.42. The van der Waals surface area contributed by atoms with Crippen molar-refractivity contribution in [3.8, 4) is 0 Å². The van der Waals surface area contributed by atoms with E-state index in [2.05, 4.69) is 15.4 Å². The highest BCUT2D eigenvalue weighted by atomic mass is 16.5. The molecular formula is C16H24N3O4+. The summed E-state index contributed by atoms with van der Waals surface area (Å²) in [5.41, 5.74) is 1.01. The van der Waals surface area contributed by atoms with E-state index in [1.54, 1.807) is 31.3 Å². The Balaban J connectivity index is 2.43. The molecule has 0 heterocycles. The van der Waals surface area contributed by atoms with Gasteiger partial charge in [-0.05, 0) is 30.7 Å². The topological polar surface area (TPSA) is 88.9 Å². The van der Waals surface area contributed by atoms with Crippen molar-refractivity contribution in [2.45, 2.75) is 13.3 Å². The van der Waals surface area contributed by atoms with Gasteiger partial charge in [0, 0.05) is 12.2 Å². The van der Waals surface area contributed by atoms with Crippen LogP contribution in [0.1, 0.15) is 23.7 Å². The van der Waals surface area contributed by atoms with Gasteiger partial charge in [0.05, 0.1) is 19.7 Å². The highest BCUT2D eigenvalue weighted by molar-refractivity contribution is 5.93. The number of carbonyl (C=O) groups excluding carboxylic acids is 3. The van der Waals surface area contributed by atoms with Crippen LogP contribution in [0.4, 0.5) is 5.69 Å². The largest absolute Gasteiger partial charge is 0.465 e. The van der Waals surface area contributed by atoms with Gasteiger partial charge < -0.3 is 20.3 Å². The summed E-state index contributed by atoms with van der Waals surface area (Å²) < 4.78 is 4.61. The van der Waals surface area contributed by atoms with Gasteiger partial charge in [-0.3, -0.25) is 9.59 Å². The molecule has 1 atom stereocenters. The minimum atomic E-state index is -0.426. The predicted octanol–water partition coefficient (Wildman–Crippen LogP) is -0.547. The maximum absolute atomic E-state index is 11.9. The van der Waals surface area contributed by atoms with Crippen molar-refractivity contribution in [2.75, 3.05) is 39.1 Å². The summed E-state index contributed by atoms with van der Waals surface area (Å²) in [5, 5.41) is 5.50. The lowest BCUT2D eigenvalue weighted by atomic mass is 10.2. The Morgan fingerprint density at radius 3 is 2.26 bits per heavy atom. The van der Waals surface area contributed by atoms with Crippen LogP contribution in [0.3, 0.4) is 0 Å². The molecule has 0 saturated heterocycles. The number of hydrogen-bond acceptors (Lipinski definition) is 4. The number of quaternary nitrogens is 1. The molecule has 3 N–H and O–H groups in total. The Labute approximate surface area is 136 Å². The number of nitrogens with one attached hydrogen (secondary N) is 3. The first-order valence-electron chi connectivity index (χ1n) is 7.52. The number of hydrogen-bond donors (Lipinski definition) is 3. The van der Waals surface area contributed by atoms with Crippen LogP contribution < -0.4 is 15.5 Å². The molecule has 0 saturated carbocycles. The van der Waals surface area contributed by atoms with Crippen molar-refractivity contribution < 1.29 is 24.0 Å². The van der Waals surface area contributed by atoms with E-state index < -0.39 is 5.97 Å². The normalized spacial score (nSPS) is 11.4. The second-order valence-corrected chi connectivity index (χ2v) is 5.28. The van der Waals surface area contributed by atoms with Crippen LogP contribution in [0.25, 0.3) is 0 Å². The number of ether oxygens (including phenoxy) is 1. The fourth-order valence-corrected chi connectivity index (χ4v) is 1.95. The molecule has 0 aliphatic rings. The van der Waals surface area contributed by atoms with Gasteiger partial charge in [-0.2, -0.15) is 0 Å². The van der Waals surface area contributed by atoms with E-state index in [9.17, 15) is 14.4 Å². The number of anilines is 1. The fourth-order valence-electron chi connectivity index (χ4n) is 1.95. The van der Waals surface area contributed by atoms with E-state index in [-0.39, 0.29) is 24.9 Å². The molecule has 2 amide bonds. The van der Waals surface area contributed by atoms with Gasteiger partial charge in [-0.25, -0.2) is 4.79 Å². The Hall–Kier alpha value is -2.41. The zero-order chi connectivity index (χ0) is 17.2. The standard InChI is InChI=1S/C16H23N3O4/c1-4-9-17-14(20)10-19(2)11-15(21)18-13-7-5-12(6-8-13)16(22)23-3/h5-8H,4,9-11H2,1-3H3,(H,17,20)(H,18,21)/p+1. The third-order valence-corrected chi connectivity index (χ3v) is 3.09. The van der Waals surface area contributed by atoms with Crippen molar-refractivity contribution in [2.24, 2.45) is 0 Å². The number of carbonyl (C=O) groups is 3. The average molecular weight is 322 g/mol. The molecule has 0 aliphatic carbocycles. The SMILES string of the molecule is CCCNC(=O)C[NH+](C)CC(=O)Nc1ccc(C(=O)OC)cc1. The maximum atomic E-state index is 11.9. The van der Waals surface area contributed by atoms with E-state index in [4.69, 9.17) is 0 Å². The van der Waals surface area contributed by atoms with Crippen LogP contribution in [-0.2, 0) is 14.3 Å². The highest BCUT2D eigenvalue weighted by Crippen LogP contribution is 2.09. The van der Waals surface area contributed by atoms with Gasteiger partial charge >= 0.3 is 5.97 Å². The summed E-state index contributed by atoms with van der Waals surface area (Å²) in [6.07, 6.45) is 0.882. The first-order chi connectivity index (χ1) is 11.0. The Morgan fingerprint density at radius 2 is 1.70 bits per heavy atom. The van der Waals surface area contributed by atoms with Gasteiger partial charge in [-0.1, -0.05) is 6.92 Å². The molecule has 7 nitrogen and oxygen atoms in total. The molecule has 23 heavy (non-hydrogen) atoms. The zero-order valence-corrected chi connectivity index (χ0v) is 13.8. The Bertz CT molecular complexity index is 543. The maximum Gasteiger partial charge on any atom is 0.337 e. The molecule has 1 rings (SSSR count). The summed E-state index contributed by atoms with van der Waals surface area (Å²) in [4.78, 5) is 35.6. The van der Waals surface area contributed by atoms with Crippen molar-refractivity contribution >= 4 is 23.5 Å². The molecule has 0 radical (unpaired) electrons. The van der Waals surface area contributed by atoms with Crippen molar-refractivity contribution in [3.05, 3.63) is 29.8 Å². The van der Waals surface area contributed by atoms with Crippen LogP contribution in [0, 0.1) is 0 Å². The van der Waals surface area contributed by atoms with Crippen molar-refractivity contribution in [1.82, 2.24) is 5.32 Å². The quantitative estimate of drug-likeness (QED) is 0.561. The molecule has 0 aliphatic heterocycles. The summed E-state index contributed by atoms with van der Waals surface area (Å²) in [6.45, 7) is 3.05. The number of amides is 2. The van der Waals surface area contributed by atoms with Gasteiger partial charge in [0.1, 0.15) is 0 Å². The molecule has 0 aromatic heterocycles. The van der Waals surface area contributed by atoms with E-state index in [0.717, 1.165) is 11.3 Å². The molecular weight excluding hydrogens is 298 g/mol. The third-order valence-electron chi connectivity index (χ3n) is 3.09. The number of rotatable bonds is 8. The molecule has 1 aromatic rings. The third kappa shape index (κ3) is 6.92. The van der Waals surface area contributed by atoms with E-state index in [1.807, 2.05) is 6.92 Å². The number of likely N-dealkylation sites (N-methyl/N-ethyl adjacent to an activating group) is 1. The van der Waals surface area contributed by atoms with Gasteiger partial charge in [0.2, 0.25) is 0 Å². The summed E-state index contributed by atoms with van der Waals surface area (Å²) in [5.74, 6) is -0.693. The van der Waals surface area contributed by atoms with Crippen LogP contribution in [-0.4, -0.2) is 51.6 Å². The lowest BCUT2D eigenvalue weighted by Crippen LogP contribution is -3.11. The van der Waals surface area contributed by atoms with Crippen LogP contribution in [0.2, 0.25) is 0 Å². The minimum Gasteiger partial charge on any atom is -0.465 e. The minimum absolute atomic E-state index is 0.0698. The second kappa shape index (κ2) is 9.58. The molecule has 1 unspecified atom stereocenters. The van der Waals surface area contributed by atoms with Gasteiger partial charge in [-0.15, -0.1) is 0 Å². The van der Waals surface area contributed by atoms with Crippen LogP contribution in [0.15, 0.2) is 24.3 Å². The number of benzene rings is 1. The molecule has 0 bridgehead atoms. The lowest BCUT2D eigenvalue weighted by Gasteiger charge is -2.13. The molecule has 126 valence electrons. The predicted molar refractivity (Wildman–Crippen MR) is 86.3 cm³/mol. The van der Waals surface area contributed by atoms with Gasteiger partial charge in [0.25, 0.3) is 11.8 Å². The van der Waals surface area contributed by atoms with E-state index >= 15 is 0 Å². The summed E-state index contributed by atoms with van der Waals surface area (Å²) >= 11 is 0. The lowest BCUT2D eigenvalue weighted by molar-refractivity contribution is -0.862. The monoisotopic (exact) mass is 322 g/mol. The molecule has 0 fully saturated rings. The zero-order valence-electron chi connectivity index (χ0n) is 13.8. The molecule has 0 spiro atoms. The van der Waals surface area contributed by atoms with E-state index in [1.165, 1.54) is 7.11 Å². The number of methoxy groups -OCH3 is 1. The smallest absolute Gasteiger partial charge is 0.337 e. The molecule has 1 aromatic carbocycles. The Kier molecular flexibility index (Phi) is 7.76. The van der Waals surface area contributed by atoms with Crippen molar-refractivity contribution in [3.63, 3.8) is 0 Å². The summed E-state index contributed by atoms with van der Waals surface area (Å²) in [7, 11) is 3.10. The van der Waals surface area contributed by atoms with Crippen LogP contribution >= 0.6 is 0 Å². The van der Waals surface area contributed by atoms with Gasteiger partial charge in [0.15, 0.2) is 13.1 Å².